The lowest BCUT2D eigenvalue weighted by Gasteiger charge is -2.38. The number of amides is 1. The van der Waals surface area contributed by atoms with Crippen LogP contribution in [0.2, 0.25) is 5.82 Å². The van der Waals surface area contributed by atoms with Crippen molar-refractivity contribution in [1.82, 2.24) is 25.3 Å². The topological polar surface area (TPSA) is 94.6 Å². The summed E-state index contributed by atoms with van der Waals surface area (Å²) in [6.45, 7) is 7.52. The number of carbonyl (C=O) groups excluding carboxylic acids is 3. The minimum atomic E-state index is -0.376. The van der Waals surface area contributed by atoms with Crippen LogP contribution in [0.1, 0.15) is 66.6 Å². The Labute approximate surface area is 236 Å². The van der Waals surface area contributed by atoms with Gasteiger partial charge in [-0.15, -0.1) is 11.3 Å². The summed E-state index contributed by atoms with van der Waals surface area (Å²) in [5.41, 5.74) is 0.763. The molecule has 3 heterocycles. The molecule has 1 radical (unpaired) electrons. The highest BCUT2D eigenvalue weighted by Crippen LogP contribution is 2.36. The van der Waals surface area contributed by atoms with Crippen LogP contribution in [0.25, 0.3) is 0 Å². The number of ketones is 1. The Morgan fingerprint density at radius 3 is 2.41 bits per heavy atom. The molecule has 2 N–H and O–H groups in total. The lowest BCUT2D eigenvalue weighted by atomic mass is 9.73. The van der Waals surface area contributed by atoms with Gasteiger partial charge in [-0.1, -0.05) is 19.7 Å². The van der Waals surface area contributed by atoms with Crippen molar-refractivity contribution < 1.29 is 18.8 Å². The molecule has 2 fully saturated rings. The number of hydrogen-bond acceptors (Lipinski definition) is 8. The molecule has 1 amide bonds. The number of likely N-dealkylation sites (tertiary alicyclic amines) is 1. The molecular formula is C28H40BFN5O3S. The highest BCUT2D eigenvalue weighted by Gasteiger charge is 2.39. The average molecular weight is 557 g/mol. The fraction of sp³-hybridized carbons (Fsp3) is 0.571. The number of aldehydes is 1. The molecule has 0 aliphatic carbocycles. The summed E-state index contributed by atoms with van der Waals surface area (Å²) in [4.78, 5) is 44.7. The smallest absolute Gasteiger partial charge is 0.240 e. The summed E-state index contributed by atoms with van der Waals surface area (Å²) in [6.07, 6.45) is 4.58. The summed E-state index contributed by atoms with van der Waals surface area (Å²) in [5.74, 6) is 0.372. The summed E-state index contributed by atoms with van der Waals surface area (Å²) in [5, 5.41) is 8.50. The van der Waals surface area contributed by atoms with Crippen LogP contribution in [0.5, 0.6) is 0 Å². The number of nitrogens with one attached hydrogen (secondary N) is 2. The van der Waals surface area contributed by atoms with Crippen LogP contribution in [-0.2, 0) is 9.59 Å². The quantitative estimate of drug-likeness (QED) is 0.264. The zero-order valence-electron chi connectivity index (χ0n) is 23.4. The van der Waals surface area contributed by atoms with Crippen LogP contribution >= 0.6 is 11.3 Å². The van der Waals surface area contributed by atoms with Crippen molar-refractivity contribution in [2.24, 2.45) is 5.92 Å². The van der Waals surface area contributed by atoms with Gasteiger partial charge in [0.1, 0.15) is 22.8 Å². The van der Waals surface area contributed by atoms with Crippen LogP contribution < -0.4 is 10.6 Å². The number of carbonyl (C=O) groups is 3. The van der Waals surface area contributed by atoms with Crippen molar-refractivity contribution in [3.05, 3.63) is 51.7 Å². The SMILES string of the molecule is CNC(C(=O)N1CCCC1c1nc(C(=O)c2ccc(F)cc2)cs1)C1CCN([B]C(C)C)CC1.CNCC=O. The van der Waals surface area contributed by atoms with E-state index < -0.39 is 0 Å². The maximum absolute atomic E-state index is 13.6. The third kappa shape index (κ3) is 8.51. The summed E-state index contributed by atoms with van der Waals surface area (Å²) in [7, 11) is 5.90. The molecule has 0 spiro atoms. The lowest BCUT2D eigenvalue weighted by molar-refractivity contribution is -0.136. The highest BCUT2D eigenvalue weighted by atomic mass is 32.1. The van der Waals surface area contributed by atoms with E-state index in [0.29, 0.717) is 36.1 Å². The van der Waals surface area contributed by atoms with Gasteiger partial charge in [0.2, 0.25) is 19.1 Å². The van der Waals surface area contributed by atoms with Crippen molar-refractivity contribution in [3.8, 4) is 0 Å². The molecule has 2 saturated heterocycles. The Kier molecular flexibility index (Phi) is 12.2. The van der Waals surface area contributed by atoms with Gasteiger partial charge in [0.05, 0.1) is 18.6 Å². The van der Waals surface area contributed by atoms with E-state index in [1.54, 1.807) is 12.4 Å². The van der Waals surface area contributed by atoms with Crippen molar-refractivity contribution in [3.63, 3.8) is 0 Å². The number of aromatic nitrogens is 1. The Balaban J connectivity index is 0.000000771. The standard InChI is InChI=1S/C25H33BFN4O2S.C3H7NO/c1-16(2)26-30-13-10-17(11-14-30)22(28-3)25(33)31-12-4-5-21(31)24-29-20(15-34-24)23(32)18-6-8-19(27)9-7-18;1-4-2-3-5/h6-9,15-17,21-22,28H,4-5,10-14H2,1-3H3;3-4H,2H2,1H3. The number of nitrogens with zero attached hydrogens (tertiary/aromatic N) is 3. The molecule has 2 aromatic rings. The number of halogens is 1. The predicted molar refractivity (Wildman–Crippen MR) is 154 cm³/mol. The molecule has 8 nitrogen and oxygen atoms in total. The molecule has 4 rings (SSSR count). The van der Waals surface area contributed by atoms with Gasteiger partial charge in [-0.05, 0) is 83.1 Å². The Hall–Kier alpha value is -2.47. The lowest BCUT2D eigenvalue weighted by Crippen LogP contribution is -2.52. The van der Waals surface area contributed by atoms with E-state index in [-0.39, 0.29) is 29.6 Å². The van der Waals surface area contributed by atoms with Crippen molar-refractivity contribution in [2.75, 3.05) is 40.3 Å². The molecule has 1 aromatic carbocycles. The fourth-order valence-electron chi connectivity index (χ4n) is 5.23. The molecular weight excluding hydrogens is 516 g/mol. The monoisotopic (exact) mass is 556 g/mol. The molecule has 2 atom stereocenters. The minimum absolute atomic E-state index is 0.0996. The number of benzene rings is 1. The number of piperidine rings is 1. The van der Waals surface area contributed by atoms with E-state index >= 15 is 0 Å². The first-order valence-electron chi connectivity index (χ1n) is 13.7. The first kappa shape index (κ1) is 31.1. The molecule has 11 heteroatoms. The Morgan fingerprint density at radius 2 is 1.85 bits per heavy atom. The third-order valence-electron chi connectivity index (χ3n) is 7.10. The largest absolute Gasteiger partial charge is 0.346 e. The van der Waals surface area contributed by atoms with Gasteiger partial charge in [0.25, 0.3) is 0 Å². The predicted octanol–water partition coefficient (Wildman–Crippen LogP) is 3.33. The van der Waals surface area contributed by atoms with Gasteiger partial charge in [-0.3, -0.25) is 9.59 Å². The first-order chi connectivity index (χ1) is 18.8. The Morgan fingerprint density at radius 1 is 1.15 bits per heavy atom. The van der Waals surface area contributed by atoms with Gasteiger partial charge < -0.3 is 25.1 Å². The van der Waals surface area contributed by atoms with Gasteiger partial charge in [-0.25, -0.2) is 9.37 Å². The molecule has 2 unspecified atom stereocenters. The normalized spacial score (nSPS) is 18.9. The zero-order chi connectivity index (χ0) is 28.4. The summed E-state index contributed by atoms with van der Waals surface area (Å²) < 4.78 is 13.2. The second kappa shape index (κ2) is 15.4. The molecule has 39 heavy (non-hydrogen) atoms. The number of hydrogen-bond donors (Lipinski definition) is 2. The second-order valence-electron chi connectivity index (χ2n) is 10.4. The first-order valence-corrected chi connectivity index (χ1v) is 14.6. The van der Waals surface area contributed by atoms with Crippen LogP contribution in [0, 0.1) is 11.7 Å². The highest BCUT2D eigenvalue weighted by molar-refractivity contribution is 7.10. The second-order valence-corrected chi connectivity index (χ2v) is 11.2. The van der Waals surface area contributed by atoms with Gasteiger partial charge in [0, 0.05) is 17.5 Å². The summed E-state index contributed by atoms with van der Waals surface area (Å²) in [6, 6.07) is 5.20. The van der Waals surface area contributed by atoms with E-state index in [0.717, 1.165) is 50.1 Å². The molecule has 0 saturated carbocycles. The van der Waals surface area contributed by atoms with E-state index in [9.17, 15) is 18.8 Å². The molecule has 0 bridgehead atoms. The maximum atomic E-state index is 13.6. The van der Waals surface area contributed by atoms with Crippen molar-refractivity contribution in [2.45, 2.75) is 57.4 Å². The zero-order valence-corrected chi connectivity index (χ0v) is 24.2. The van der Waals surface area contributed by atoms with Crippen LogP contribution in [0.3, 0.4) is 0 Å². The molecule has 2 aliphatic heterocycles. The number of thiazole rings is 1. The van der Waals surface area contributed by atoms with Gasteiger partial charge >= 0.3 is 0 Å². The molecule has 211 valence electrons. The van der Waals surface area contributed by atoms with Crippen molar-refractivity contribution in [1.29, 1.82) is 0 Å². The molecule has 2 aliphatic rings. The van der Waals surface area contributed by atoms with Crippen LogP contribution in [0.15, 0.2) is 29.6 Å². The average Bonchev–Trinajstić information content (AvgIpc) is 3.61. The molecule has 1 aromatic heterocycles. The van der Waals surface area contributed by atoms with E-state index in [4.69, 9.17) is 0 Å². The van der Waals surface area contributed by atoms with E-state index in [1.165, 1.54) is 35.6 Å². The fourth-order valence-corrected chi connectivity index (χ4v) is 6.17. The van der Waals surface area contributed by atoms with E-state index in [1.807, 2.05) is 11.9 Å². The van der Waals surface area contributed by atoms with Crippen LogP contribution in [0.4, 0.5) is 4.39 Å². The van der Waals surface area contributed by atoms with Crippen molar-refractivity contribution >= 4 is 36.7 Å². The number of rotatable bonds is 10. The maximum Gasteiger partial charge on any atom is 0.240 e. The number of likely N-dealkylation sites (N-methyl/N-ethyl adjacent to an activating group) is 2. The third-order valence-corrected chi connectivity index (χ3v) is 8.05. The van der Waals surface area contributed by atoms with Gasteiger partial charge in [-0.2, -0.15) is 0 Å². The minimum Gasteiger partial charge on any atom is -0.346 e. The van der Waals surface area contributed by atoms with E-state index in [2.05, 4.69) is 41.7 Å². The Bertz CT molecular complexity index is 1080. The van der Waals surface area contributed by atoms with Crippen LogP contribution in [-0.4, -0.2) is 86.4 Å². The summed E-state index contributed by atoms with van der Waals surface area (Å²) >= 11 is 1.42. The van der Waals surface area contributed by atoms with Gasteiger partial charge in [0.15, 0.2) is 0 Å².